The van der Waals surface area contributed by atoms with E-state index in [9.17, 15) is 19.5 Å². The SMILES string of the molecule is O=C(O)c1ccc(-n2c(O)c(/C=C3\C=c4ccccc4=N3)c(=O)[nH]c2=O)cc1. The summed E-state index contributed by atoms with van der Waals surface area (Å²) in [5, 5.41) is 21.2. The molecule has 0 saturated heterocycles. The molecule has 0 atom stereocenters. The van der Waals surface area contributed by atoms with E-state index in [1.165, 1.54) is 30.3 Å². The van der Waals surface area contributed by atoms with Gasteiger partial charge in [0.2, 0.25) is 5.88 Å². The van der Waals surface area contributed by atoms with Gasteiger partial charge in [-0.3, -0.25) is 9.78 Å². The molecule has 8 heteroatoms. The lowest BCUT2D eigenvalue weighted by atomic mass is 10.2. The number of carbonyl (C=O) groups is 1. The minimum Gasteiger partial charge on any atom is -0.494 e. The summed E-state index contributed by atoms with van der Waals surface area (Å²) in [7, 11) is 0. The van der Waals surface area contributed by atoms with E-state index in [0.29, 0.717) is 5.70 Å². The van der Waals surface area contributed by atoms with Gasteiger partial charge in [-0.15, -0.1) is 0 Å². The average molecular weight is 375 g/mol. The summed E-state index contributed by atoms with van der Waals surface area (Å²) in [6.07, 6.45) is 3.14. The second-order valence-electron chi connectivity index (χ2n) is 6.07. The number of fused-ring (bicyclic) bond motifs is 1. The van der Waals surface area contributed by atoms with Crippen molar-refractivity contribution >= 4 is 18.1 Å². The first-order valence-corrected chi connectivity index (χ1v) is 8.23. The van der Waals surface area contributed by atoms with Crippen LogP contribution < -0.4 is 21.8 Å². The molecule has 4 rings (SSSR count). The van der Waals surface area contributed by atoms with E-state index < -0.39 is 23.1 Å². The van der Waals surface area contributed by atoms with Crippen LogP contribution in [0.5, 0.6) is 5.88 Å². The predicted octanol–water partition coefficient (Wildman–Crippen LogP) is 0.384. The van der Waals surface area contributed by atoms with Gasteiger partial charge in [0.1, 0.15) is 5.56 Å². The fourth-order valence-corrected chi connectivity index (χ4v) is 2.93. The van der Waals surface area contributed by atoms with Crippen molar-refractivity contribution in [1.82, 2.24) is 9.55 Å². The molecule has 0 spiro atoms. The monoisotopic (exact) mass is 375 g/mol. The highest BCUT2D eigenvalue weighted by atomic mass is 16.4. The quantitative estimate of drug-likeness (QED) is 0.611. The highest BCUT2D eigenvalue weighted by molar-refractivity contribution is 5.87. The number of hydrogen-bond acceptors (Lipinski definition) is 5. The van der Waals surface area contributed by atoms with E-state index in [-0.39, 0.29) is 16.8 Å². The number of aromatic amines is 1. The summed E-state index contributed by atoms with van der Waals surface area (Å²) < 4.78 is 0.890. The fourth-order valence-electron chi connectivity index (χ4n) is 2.93. The van der Waals surface area contributed by atoms with Crippen molar-refractivity contribution in [3.63, 3.8) is 0 Å². The van der Waals surface area contributed by atoms with Gasteiger partial charge in [0.05, 0.1) is 22.3 Å². The minimum atomic E-state index is -1.12. The summed E-state index contributed by atoms with van der Waals surface area (Å²) in [4.78, 5) is 42.0. The number of aromatic nitrogens is 2. The molecule has 28 heavy (non-hydrogen) atoms. The molecular formula is C20H13N3O5. The van der Waals surface area contributed by atoms with Crippen molar-refractivity contribution in [2.45, 2.75) is 0 Å². The number of aromatic hydroxyl groups is 1. The molecule has 2 heterocycles. The Bertz CT molecular complexity index is 1340. The summed E-state index contributed by atoms with van der Waals surface area (Å²) in [5.74, 6) is -1.68. The van der Waals surface area contributed by atoms with Crippen LogP contribution in [0.15, 0.2) is 68.8 Å². The first-order chi connectivity index (χ1) is 13.4. The zero-order chi connectivity index (χ0) is 19.8. The van der Waals surface area contributed by atoms with E-state index in [4.69, 9.17) is 5.11 Å². The summed E-state index contributed by atoms with van der Waals surface area (Å²) in [5.41, 5.74) is -1.05. The van der Waals surface area contributed by atoms with Crippen LogP contribution in [0.4, 0.5) is 0 Å². The first-order valence-electron chi connectivity index (χ1n) is 8.23. The first kappa shape index (κ1) is 17.2. The number of allylic oxidation sites excluding steroid dienone is 1. The van der Waals surface area contributed by atoms with Crippen LogP contribution in [-0.4, -0.2) is 25.7 Å². The Balaban J connectivity index is 1.87. The maximum absolute atomic E-state index is 12.2. The van der Waals surface area contributed by atoms with Crippen LogP contribution >= 0.6 is 0 Å². The van der Waals surface area contributed by atoms with Crippen LogP contribution in [0.2, 0.25) is 0 Å². The number of aromatic carboxylic acids is 1. The number of benzene rings is 2. The highest BCUT2D eigenvalue weighted by Crippen LogP contribution is 2.20. The largest absolute Gasteiger partial charge is 0.494 e. The standard InChI is InChI=1S/C20H13N3O5/c24-17-15(10-13-9-12-3-1-2-4-16(12)21-13)18(25)23(20(28)22-17)14-7-5-11(6-8-14)19(26)27/h1-10,25H,(H,26,27)(H,22,24,28)/b13-10+. The van der Waals surface area contributed by atoms with Crippen LogP contribution in [0, 0.1) is 0 Å². The normalized spacial score (nSPS) is 13.6. The third-order valence-electron chi connectivity index (χ3n) is 4.28. The Hall–Kier alpha value is -4.20. The van der Waals surface area contributed by atoms with Crippen molar-refractivity contribution in [1.29, 1.82) is 0 Å². The second-order valence-corrected chi connectivity index (χ2v) is 6.07. The maximum atomic E-state index is 12.2. The second kappa shape index (κ2) is 6.51. The summed E-state index contributed by atoms with van der Waals surface area (Å²) >= 11 is 0. The van der Waals surface area contributed by atoms with E-state index in [2.05, 4.69) is 9.98 Å². The molecule has 0 amide bonds. The maximum Gasteiger partial charge on any atom is 0.335 e. The van der Waals surface area contributed by atoms with Crippen molar-refractivity contribution < 1.29 is 15.0 Å². The molecule has 138 valence electrons. The van der Waals surface area contributed by atoms with Crippen molar-refractivity contribution in [2.75, 3.05) is 0 Å². The Labute approximate surface area is 156 Å². The number of carboxylic acids is 1. The van der Waals surface area contributed by atoms with Crippen molar-refractivity contribution in [3.05, 3.63) is 96.8 Å². The molecule has 0 saturated carbocycles. The van der Waals surface area contributed by atoms with Crippen molar-refractivity contribution in [2.24, 2.45) is 4.99 Å². The molecular weight excluding hydrogens is 362 g/mol. The van der Waals surface area contributed by atoms with Gasteiger partial charge in [0.25, 0.3) is 5.56 Å². The molecule has 1 aromatic heterocycles. The molecule has 3 N–H and O–H groups in total. The molecule has 1 aliphatic rings. The topological polar surface area (TPSA) is 125 Å². The fraction of sp³-hybridized carbons (Fsp3) is 0. The van der Waals surface area contributed by atoms with Crippen LogP contribution in [-0.2, 0) is 0 Å². The van der Waals surface area contributed by atoms with Crippen molar-refractivity contribution in [3.8, 4) is 11.6 Å². The number of H-pyrrole nitrogens is 1. The van der Waals surface area contributed by atoms with E-state index in [1.54, 1.807) is 6.08 Å². The Morgan fingerprint density at radius 2 is 1.79 bits per heavy atom. The lowest BCUT2D eigenvalue weighted by Crippen LogP contribution is -2.30. The number of nitrogens with zero attached hydrogens (tertiary/aromatic N) is 2. The smallest absolute Gasteiger partial charge is 0.335 e. The Kier molecular flexibility index (Phi) is 4.00. The summed E-state index contributed by atoms with van der Waals surface area (Å²) in [6.45, 7) is 0. The zero-order valence-electron chi connectivity index (χ0n) is 14.3. The molecule has 2 aromatic carbocycles. The number of nitrogens with one attached hydrogen (secondary N) is 1. The number of para-hydroxylation sites is 1. The number of hydrogen-bond donors (Lipinski definition) is 3. The van der Waals surface area contributed by atoms with Gasteiger partial charge in [-0.1, -0.05) is 18.2 Å². The van der Waals surface area contributed by atoms with Gasteiger partial charge in [-0.2, -0.15) is 0 Å². The Morgan fingerprint density at radius 1 is 1.07 bits per heavy atom. The van der Waals surface area contributed by atoms with Gasteiger partial charge < -0.3 is 10.2 Å². The lowest BCUT2D eigenvalue weighted by molar-refractivity contribution is 0.0697. The van der Waals surface area contributed by atoms with Crippen LogP contribution in [0.25, 0.3) is 17.8 Å². The van der Waals surface area contributed by atoms with Gasteiger partial charge in [0, 0.05) is 5.22 Å². The highest BCUT2D eigenvalue weighted by Gasteiger charge is 2.15. The van der Waals surface area contributed by atoms with Crippen LogP contribution in [0.3, 0.4) is 0 Å². The van der Waals surface area contributed by atoms with E-state index in [0.717, 1.165) is 15.1 Å². The third kappa shape index (κ3) is 2.92. The van der Waals surface area contributed by atoms with E-state index >= 15 is 0 Å². The molecule has 0 fully saturated rings. The molecule has 3 aromatic rings. The molecule has 8 nitrogen and oxygen atoms in total. The van der Waals surface area contributed by atoms with Crippen LogP contribution in [0.1, 0.15) is 15.9 Å². The number of carboxylic acid groups (broad SMARTS) is 1. The van der Waals surface area contributed by atoms with E-state index in [1.807, 2.05) is 24.3 Å². The molecule has 0 aliphatic carbocycles. The average Bonchev–Trinajstić information content (AvgIpc) is 3.08. The van der Waals surface area contributed by atoms with Gasteiger partial charge in [-0.25, -0.2) is 19.1 Å². The Morgan fingerprint density at radius 3 is 2.46 bits per heavy atom. The zero-order valence-corrected chi connectivity index (χ0v) is 14.3. The van der Waals surface area contributed by atoms with Gasteiger partial charge in [-0.05, 0) is 42.5 Å². The molecule has 1 aliphatic heterocycles. The number of rotatable bonds is 3. The lowest BCUT2D eigenvalue weighted by Gasteiger charge is -2.10. The molecule has 0 bridgehead atoms. The van der Waals surface area contributed by atoms with Gasteiger partial charge in [0.15, 0.2) is 0 Å². The predicted molar refractivity (Wildman–Crippen MR) is 101 cm³/mol. The minimum absolute atomic E-state index is 0.0279. The molecule has 0 unspecified atom stereocenters. The third-order valence-corrected chi connectivity index (χ3v) is 4.28. The summed E-state index contributed by atoms with van der Waals surface area (Å²) in [6, 6.07) is 12.7. The van der Waals surface area contributed by atoms with Gasteiger partial charge >= 0.3 is 11.7 Å². The molecule has 0 radical (unpaired) electrons.